The first-order valence-electron chi connectivity index (χ1n) is 11.1. The molecule has 1 heterocycles. The van der Waals surface area contributed by atoms with Crippen LogP contribution in [-0.2, 0) is 18.9 Å². The molecule has 0 radical (unpaired) electrons. The Morgan fingerprint density at radius 3 is 2.48 bits per heavy atom. The number of rotatable bonds is 8. The number of carbonyl (C=O) groups is 2. The van der Waals surface area contributed by atoms with Crippen LogP contribution >= 0.6 is 0 Å². The Morgan fingerprint density at radius 2 is 1.86 bits per heavy atom. The average Bonchev–Trinajstić information content (AvgIpc) is 3.00. The van der Waals surface area contributed by atoms with Gasteiger partial charge in [-0.1, -0.05) is 34.6 Å². The summed E-state index contributed by atoms with van der Waals surface area (Å²) in [5.41, 5.74) is 5.92. The summed E-state index contributed by atoms with van der Waals surface area (Å²) in [5, 5.41) is 5.48. The third-order valence-electron chi connectivity index (χ3n) is 7.54. The molecule has 4 fully saturated rings. The summed E-state index contributed by atoms with van der Waals surface area (Å²) in [4.78, 5) is 24.1. The van der Waals surface area contributed by atoms with Crippen LogP contribution in [0.4, 0.5) is 0 Å². The maximum atomic E-state index is 12.1. The van der Waals surface area contributed by atoms with Gasteiger partial charge < -0.3 is 25.7 Å². The molecular weight excluding hydrogens is 369 g/mol. The van der Waals surface area contributed by atoms with E-state index in [0.717, 1.165) is 6.42 Å². The van der Waals surface area contributed by atoms with Gasteiger partial charge in [-0.15, -0.1) is 0 Å². The van der Waals surface area contributed by atoms with Crippen LogP contribution < -0.4 is 16.4 Å². The summed E-state index contributed by atoms with van der Waals surface area (Å²) in [5.74, 6) is 1.08. The van der Waals surface area contributed by atoms with Gasteiger partial charge in [0.2, 0.25) is 11.8 Å². The largest absolute Gasteiger partial charge is 0.462 e. The standard InChI is InChI=1S/C21H38BN3O4/c1-12(2)7-15(23)19(27)25-11-18(26)24-10-13(3)22-28-17-9-14-8-16(20(14,4)5)21(17,6)29-22/h12-17H,7-11,23H2,1-6H3,(H,24,26)(H,25,27)/t13-,14?,15?,16?,17?,21+/m0/s1. The molecule has 0 aromatic carbocycles. The Balaban J connectivity index is 1.42. The van der Waals surface area contributed by atoms with E-state index in [1.165, 1.54) is 6.42 Å². The quantitative estimate of drug-likeness (QED) is 0.532. The Kier molecular flexibility index (Phi) is 6.38. The van der Waals surface area contributed by atoms with Gasteiger partial charge in [-0.3, -0.25) is 9.59 Å². The zero-order valence-electron chi connectivity index (χ0n) is 18.8. The highest BCUT2D eigenvalue weighted by atomic mass is 16.7. The second-order valence-electron chi connectivity index (χ2n) is 10.6. The van der Waals surface area contributed by atoms with Crippen LogP contribution in [0.2, 0.25) is 5.82 Å². The van der Waals surface area contributed by atoms with Gasteiger partial charge in [-0.2, -0.15) is 0 Å². The molecule has 6 atom stereocenters. The molecule has 8 heteroatoms. The maximum absolute atomic E-state index is 12.1. The Bertz CT molecular complexity index is 643. The molecule has 2 amide bonds. The van der Waals surface area contributed by atoms with E-state index in [1.807, 2.05) is 20.8 Å². The molecule has 0 spiro atoms. The SMILES string of the molecule is CC(C)CC(N)C(=O)NCC(=O)NC[C@H](C)B1OC2CC3CC(C3(C)C)[C@@]2(C)O1. The van der Waals surface area contributed by atoms with E-state index >= 15 is 0 Å². The molecule has 4 unspecified atom stereocenters. The van der Waals surface area contributed by atoms with E-state index < -0.39 is 6.04 Å². The summed E-state index contributed by atoms with van der Waals surface area (Å²) in [7, 11) is -0.311. The number of nitrogens with two attached hydrogens (primary N) is 1. The molecule has 0 aromatic heterocycles. The monoisotopic (exact) mass is 407 g/mol. The smallest absolute Gasteiger partial charge is 0.405 e. The molecule has 2 bridgehead atoms. The van der Waals surface area contributed by atoms with Crippen LogP contribution in [0, 0.1) is 23.2 Å². The van der Waals surface area contributed by atoms with E-state index in [2.05, 4.69) is 31.4 Å². The minimum absolute atomic E-state index is 0.0283. The third-order valence-corrected chi connectivity index (χ3v) is 7.54. The highest BCUT2D eigenvalue weighted by Crippen LogP contribution is 2.66. The minimum Gasteiger partial charge on any atom is -0.405 e. The summed E-state index contributed by atoms with van der Waals surface area (Å²) in [6.45, 7) is 13.3. The lowest BCUT2D eigenvalue weighted by Crippen LogP contribution is -2.65. The number of nitrogens with one attached hydrogen (secondary N) is 2. The van der Waals surface area contributed by atoms with Crippen molar-refractivity contribution in [3.05, 3.63) is 0 Å². The van der Waals surface area contributed by atoms with E-state index in [4.69, 9.17) is 15.0 Å². The van der Waals surface area contributed by atoms with Gasteiger partial charge in [-0.25, -0.2) is 0 Å². The van der Waals surface area contributed by atoms with Gasteiger partial charge in [0.1, 0.15) is 0 Å². The lowest BCUT2D eigenvalue weighted by Gasteiger charge is -2.64. The lowest BCUT2D eigenvalue weighted by atomic mass is 9.43. The molecule has 164 valence electrons. The maximum Gasteiger partial charge on any atom is 0.462 e. The molecule has 4 N–H and O–H groups in total. The second-order valence-corrected chi connectivity index (χ2v) is 10.6. The molecule has 3 aliphatic carbocycles. The summed E-state index contributed by atoms with van der Waals surface area (Å²) >= 11 is 0. The first kappa shape index (κ1) is 22.6. The number of carbonyl (C=O) groups excluding carboxylic acids is 2. The van der Waals surface area contributed by atoms with E-state index in [9.17, 15) is 9.59 Å². The van der Waals surface area contributed by atoms with Crippen molar-refractivity contribution in [3.63, 3.8) is 0 Å². The zero-order chi connectivity index (χ0) is 21.6. The zero-order valence-corrected chi connectivity index (χ0v) is 18.8. The van der Waals surface area contributed by atoms with Crippen molar-refractivity contribution in [3.8, 4) is 0 Å². The van der Waals surface area contributed by atoms with Crippen molar-refractivity contribution < 1.29 is 18.9 Å². The number of amides is 2. The first-order valence-corrected chi connectivity index (χ1v) is 11.1. The van der Waals surface area contributed by atoms with Crippen molar-refractivity contribution in [1.29, 1.82) is 0 Å². The van der Waals surface area contributed by atoms with Gasteiger partial charge in [0.15, 0.2) is 0 Å². The predicted octanol–water partition coefficient (Wildman–Crippen LogP) is 1.71. The van der Waals surface area contributed by atoms with Crippen molar-refractivity contribution in [2.45, 2.75) is 84.4 Å². The topological polar surface area (TPSA) is 103 Å². The Labute approximate surface area is 175 Å². The normalized spacial score (nSPS) is 34.2. The molecule has 1 saturated heterocycles. The molecule has 1 aliphatic heterocycles. The van der Waals surface area contributed by atoms with Gasteiger partial charge in [0.05, 0.1) is 24.3 Å². The summed E-state index contributed by atoms with van der Waals surface area (Å²) < 4.78 is 12.7. The number of hydrogen-bond donors (Lipinski definition) is 3. The van der Waals surface area contributed by atoms with Crippen molar-refractivity contribution in [2.75, 3.05) is 13.1 Å². The van der Waals surface area contributed by atoms with Crippen molar-refractivity contribution in [2.24, 2.45) is 28.9 Å². The predicted molar refractivity (Wildman–Crippen MR) is 113 cm³/mol. The van der Waals surface area contributed by atoms with Crippen LogP contribution in [0.3, 0.4) is 0 Å². The van der Waals surface area contributed by atoms with Gasteiger partial charge in [0, 0.05) is 12.4 Å². The molecule has 4 rings (SSSR count). The van der Waals surface area contributed by atoms with Crippen LogP contribution in [0.25, 0.3) is 0 Å². The highest BCUT2D eigenvalue weighted by molar-refractivity contribution is 6.47. The van der Waals surface area contributed by atoms with Crippen molar-refractivity contribution >= 4 is 18.9 Å². The molecule has 3 saturated carbocycles. The van der Waals surface area contributed by atoms with E-state index in [0.29, 0.717) is 36.1 Å². The minimum atomic E-state index is -0.582. The molecular formula is C21H38BN3O4. The Morgan fingerprint density at radius 1 is 1.17 bits per heavy atom. The number of hydrogen-bond acceptors (Lipinski definition) is 5. The van der Waals surface area contributed by atoms with E-state index in [1.54, 1.807) is 0 Å². The molecule has 0 aromatic rings. The fraction of sp³-hybridized carbons (Fsp3) is 0.905. The average molecular weight is 407 g/mol. The van der Waals surface area contributed by atoms with Crippen LogP contribution in [0.1, 0.15) is 60.8 Å². The van der Waals surface area contributed by atoms with Gasteiger partial charge in [0.25, 0.3) is 0 Å². The highest BCUT2D eigenvalue weighted by Gasteiger charge is 2.68. The second kappa shape index (κ2) is 8.19. The molecule has 4 aliphatic rings. The summed E-state index contributed by atoms with van der Waals surface area (Å²) in [6, 6.07) is -0.582. The van der Waals surface area contributed by atoms with Crippen LogP contribution in [0.5, 0.6) is 0 Å². The lowest BCUT2D eigenvalue weighted by molar-refractivity contribution is -0.199. The third kappa shape index (κ3) is 4.35. The fourth-order valence-electron chi connectivity index (χ4n) is 5.49. The molecule has 7 nitrogen and oxygen atoms in total. The van der Waals surface area contributed by atoms with Crippen LogP contribution in [0.15, 0.2) is 0 Å². The summed E-state index contributed by atoms with van der Waals surface area (Å²) in [6.07, 6.45) is 3.02. The van der Waals surface area contributed by atoms with Crippen molar-refractivity contribution in [1.82, 2.24) is 10.6 Å². The Hall–Kier alpha value is -1.12. The first-order chi connectivity index (χ1) is 13.4. The van der Waals surface area contributed by atoms with Gasteiger partial charge >= 0.3 is 7.12 Å². The van der Waals surface area contributed by atoms with E-state index in [-0.39, 0.29) is 43.0 Å². The van der Waals surface area contributed by atoms with Gasteiger partial charge in [-0.05, 0) is 49.4 Å². The molecule has 29 heavy (non-hydrogen) atoms. The van der Waals surface area contributed by atoms with Crippen LogP contribution in [-0.4, -0.2) is 49.8 Å². The fourth-order valence-corrected chi connectivity index (χ4v) is 5.49.